The third kappa shape index (κ3) is 4.21. The Labute approximate surface area is 152 Å². The third-order valence-corrected chi connectivity index (χ3v) is 4.42. The summed E-state index contributed by atoms with van der Waals surface area (Å²) in [5.74, 6) is 0.0959. The first-order valence-corrected chi connectivity index (χ1v) is 8.61. The van der Waals surface area contributed by atoms with Gasteiger partial charge >= 0.3 is 6.09 Å². The molecule has 0 spiro atoms. The number of hydrogen-bond acceptors (Lipinski definition) is 4. The van der Waals surface area contributed by atoms with Crippen molar-refractivity contribution in [2.45, 2.75) is 31.5 Å². The SMILES string of the molecule is C[C@H](NC(=O)[C@@H]1C[C@H](O)CN1C(=O)Oc1ccccc1)c1ccccc1. The minimum atomic E-state index is -0.757. The first-order chi connectivity index (χ1) is 12.5. The van der Waals surface area contributed by atoms with Gasteiger partial charge in [0, 0.05) is 6.42 Å². The minimum Gasteiger partial charge on any atom is -0.410 e. The maximum atomic E-state index is 12.7. The molecule has 2 N–H and O–H groups in total. The lowest BCUT2D eigenvalue weighted by Gasteiger charge is -2.24. The number of carbonyl (C=O) groups is 2. The molecule has 2 aromatic carbocycles. The van der Waals surface area contributed by atoms with E-state index in [1.807, 2.05) is 43.3 Å². The van der Waals surface area contributed by atoms with E-state index in [2.05, 4.69) is 5.32 Å². The second-order valence-electron chi connectivity index (χ2n) is 6.38. The quantitative estimate of drug-likeness (QED) is 0.884. The van der Waals surface area contributed by atoms with Gasteiger partial charge in [-0.05, 0) is 24.6 Å². The molecule has 2 amide bonds. The van der Waals surface area contributed by atoms with Crippen molar-refractivity contribution in [1.82, 2.24) is 10.2 Å². The van der Waals surface area contributed by atoms with Crippen molar-refractivity contribution in [1.29, 1.82) is 0 Å². The van der Waals surface area contributed by atoms with Crippen LogP contribution in [0.15, 0.2) is 60.7 Å². The van der Waals surface area contributed by atoms with Crippen molar-refractivity contribution in [3.63, 3.8) is 0 Å². The van der Waals surface area contributed by atoms with Gasteiger partial charge in [0.15, 0.2) is 0 Å². The first-order valence-electron chi connectivity index (χ1n) is 8.61. The number of likely N-dealkylation sites (tertiary alicyclic amines) is 1. The Morgan fingerprint density at radius 1 is 1.12 bits per heavy atom. The molecule has 3 atom stereocenters. The zero-order chi connectivity index (χ0) is 18.5. The van der Waals surface area contributed by atoms with Crippen LogP contribution < -0.4 is 10.1 Å². The standard InChI is InChI=1S/C20H22N2O4/c1-14(15-8-4-2-5-9-15)21-19(24)18-12-16(23)13-22(18)20(25)26-17-10-6-3-7-11-17/h2-11,14,16,18,23H,12-13H2,1H3,(H,21,24)/t14-,16-,18-/m0/s1. The fourth-order valence-corrected chi connectivity index (χ4v) is 3.05. The number of rotatable bonds is 4. The fraction of sp³-hybridized carbons (Fsp3) is 0.300. The van der Waals surface area contributed by atoms with E-state index in [0.717, 1.165) is 5.56 Å². The summed E-state index contributed by atoms with van der Waals surface area (Å²) >= 11 is 0. The number of nitrogens with one attached hydrogen (secondary N) is 1. The van der Waals surface area contributed by atoms with Crippen molar-refractivity contribution in [3.05, 3.63) is 66.2 Å². The lowest BCUT2D eigenvalue weighted by atomic mass is 10.1. The Kier molecular flexibility index (Phi) is 5.53. The molecule has 6 heteroatoms. The van der Waals surface area contributed by atoms with E-state index in [9.17, 15) is 14.7 Å². The smallest absolute Gasteiger partial charge is 0.410 e. The van der Waals surface area contributed by atoms with E-state index in [1.165, 1.54) is 4.90 Å². The number of β-amino-alcohol motifs (C(OH)–C–C–N with tert-alkyl or cyclic N) is 1. The van der Waals surface area contributed by atoms with Crippen molar-refractivity contribution >= 4 is 12.0 Å². The highest BCUT2D eigenvalue weighted by molar-refractivity contribution is 5.87. The molecule has 0 aliphatic carbocycles. The van der Waals surface area contributed by atoms with Crippen LogP contribution in [0.4, 0.5) is 4.79 Å². The number of ether oxygens (including phenoxy) is 1. The molecular weight excluding hydrogens is 332 g/mol. The summed E-state index contributed by atoms with van der Waals surface area (Å²) in [6, 6.07) is 17.3. The average molecular weight is 354 g/mol. The summed E-state index contributed by atoms with van der Waals surface area (Å²) < 4.78 is 5.31. The second kappa shape index (κ2) is 8.01. The number of carbonyl (C=O) groups excluding carboxylic acids is 2. The van der Waals surface area contributed by atoms with E-state index < -0.39 is 18.2 Å². The van der Waals surface area contributed by atoms with Crippen LogP contribution in [0.1, 0.15) is 24.9 Å². The number of aliphatic hydroxyl groups is 1. The molecule has 1 fully saturated rings. The van der Waals surface area contributed by atoms with Crippen LogP contribution >= 0.6 is 0 Å². The molecule has 26 heavy (non-hydrogen) atoms. The van der Waals surface area contributed by atoms with Crippen LogP contribution in [0.3, 0.4) is 0 Å². The average Bonchev–Trinajstić information content (AvgIpc) is 3.05. The minimum absolute atomic E-state index is 0.0729. The number of benzene rings is 2. The number of nitrogens with zero attached hydrogens (tertiary/aromatic N) is 1. The van der Waals surface area contributed by atoms with Gasteiger partial charge < -0.3 is 15.2 Å². The summed E-state index contributed by atoms with van der Waals surface area (Å²) in [6.45, 7) is 1.95. The van der Waals surface area contributed by atoms with Gasteiger partial charge in [0.1, 0.15) is 11.8 Å². The van der Waals surface area contributed by atoms with Crippen LogP contribution in [0.5, 0.6) is 5.75 Å². The van der Waals surface area contributed by atoms with E-state index in [-0.39, 0.29) is 24.9 Å². The lowest BCUT2D eigenvalue weighted by molar-refractivity contribution is -0.125. The number of aliphatic hydroxyl groups excluding tert-OH is 1. The monoisotopic (exact) mass is 354 g/mol. The molecule has 0 radical (unpaired) electrons. The molecule has 1 saturated heterocycles. The summed E-state index contributed by atoms with van der Waals surface area (Å²) in [4.78, 5) is 26.4. The van der Waals surface area contributed by atoms with Gasteiger partial charge in [0.05, 0.1) is 18.7 Å². The Hall–Kier alpha value is -2.86. The fourth-order valence-electron chi connectivity index (χ4n) is 3.05. The van der Waals surface area contributed by atoms with Gasteiger partial charge in [0.25, 0.3) is 0 Å². The summed E-state index contributed by atoms with van der Waals surface area (Å²) in [5, 5.41) is 12.9. The molecule has 0 bridgehead atoms. The maximum absolute atomic E-state index is 12.7. The lowest BCUT2D eigenvalue weighted by Crippen LogP contribution is -2.47. The van der Waals surface area contributed by atoms with Crippen molar-refractivity contribution < 1.29 is 19.4 Å². The molecule has 1 heterocycles. The molecule has 1 aliphatic heterocycles. The van der Waals surface area contributed by atoms with Crippen LogP contribution in [-0.4, -0.2) is 40.7 Å². The molecule has 6 nitrogen and oxygen atoms in total. The predicted octanol–water partition coefficient (Wildman–Crippen LogP) is 2.50. The Morgan fingerprint density at radius 2 is 1.73 bits per heavy atom. The number of para-hydroxylation sites is 1. The topological polar surface area (TPSA) is 78.9 Å². The van der Waals surface area contributed by atoms with Crippen LogP contribution in [-0.2, 0) is 4.79 Å². The zero-order valence-corrected chi connectivity index (χ0v) is 14.5. The van der Waals surface area contributed by atoms with Crippen LogP contribution in [0.2, 0.25) is 0 Å². The van der Waals surface area contributed by atoms with Crippen LogP contribution in [0, 0.1) is 0 Å². The van der Waals surface area contributed by atoms with Crippen LogP contribution in [0.25, 0.3) is 0 Å². The Morgan fingerprint density at radius 3 is 2.38 bits per heavy atom. The maximum Gasteiger partial charge on any atom is 0.416 e. The summed E-state index contributed by atoms with van der Waals surface area (Å²) in [5.41, 5.74) is 0.970. The largest absolute Gasteiger partial charge is 0.416 e. The van der Waals surface area contributed by atoms with E-state index in [1.54, 1.807) is 24.3 Å². The van der Waals surface area contributed by atoms with Gasteiger partial charge in [-0.2, -0.15) is 0 Å². The molecule has 0 unspecified atom stereocenters. The van der Waals surface area contributed by atoms with Gasteiger partial charge in [0.2, 0.25) is 5.91 Å². The van der Waals surface area contributed by atoms with E-state index in [4.69, 9.17) is 4.74 Å². The van der Waals surface area contributed by atoms with Crippen molar-refractivity contribution in [3.8, 4) is 5.75 Å². The van der Waals surface area contributed by atoms with Gasteiger partial charge in [-0.15, -0.1) is 0 Å². The van der Waals surface area contributed by atoms with E-state index in [0.29, 0.717) is 5.75 Å². The van der Waals surface area contributed by atoms with Crippen molar-refractivity contribution in [2.24, 2.45) is 0 Å². The molecule has 0 aromatic heterocycles. The highest BCUT2D eigenvalue weighted by atomic mass is 16.6. The molecular formula is C20H22N2O4. The molecule has 3 rings (SSSR count). The van der Waals surface area contributed by atoms with Crippen molar-refractivity contribution in [2.75, 3.05) is 6.54 Å². The van der Waals surface area contributed by atoms with Gasteiger partial charge in [-0.3, -0.25) is 9.69 Å². The normalized spacial score (nSPS) is 20.5. The molecule has 0 saturated carbocycles. The van der Waals surface area contributed by atoms with Gasteiger partial charge in [-0.1, -0.05) is 48.5 Å². The summed E-state index contributed by atoms with van der Waals surface area (Å²) in [7, 11) is 0. The zero-order valence-electron chi connectivity index (χ0n) is 14.5. The molecule has 2 aromatic rings. The first kappa shape index (κ1) is 17.9. The molecule has 136 valence electrons. The predicted molar refractivity (Wildman–Crippen MR) is 96.6 cm³/mol. The Balaban J connectivity index is 1.66. The highest BCUT2D eigenvalue weighted by Crippen LogP contribution is 2.22. The van der Waals surface area contributed by atoms with Gasteiger partial charge in [-0.25, -0.2) is 4.79 Å². The highest BCUT2D eigenvalue weighted by Gasteiger charge is 2.40. The Bertz CT molecular complexity index is 751. The number of amides is 2. The number of hydrogen-bond donors (Lipinski definition) is 2. The second-order valence-corrected chi connectivity index (χ2v) is 6.38. The third-order valence-electron chi connectivity index (χ3n) is 4.42. The summed E-state index contributed by atoms with van der Waals surface area (Å²) in [6.07, 6.45) is -1.20. The molecule has 1 aliphatic rings. The van der Waals surface area contributed by atoms with E-state index >= 15 is 0 Å².